The lowest BCUT2D eigenvalue weighted by Crippen LogP contribution is -2.68. The molecule has 1 aromatic heterocycles. The molecule has 2 fully saturated rings. The fourth-order valence-electron chi connectivity index (χ4n) is 6.73. The molecule has 1 atom stereocenters. The molecule has 3 aromatic rings. The standard InChI is InChI=1S/C38H48F3N5O3/c1-25-11-12-26(2)31(19-25)48-32-14-13-28(22-42-32)23-44-34(43-21-27-9-8-10-30(20-27)38(39,40)41)45-17-15-29(16-18-45)33-37(6,7)24-46(33)35(47)49-36(3,4)5/h8-14,19-20,22,29,33H,15-18,21,23-24H2,1-7H3,(H,43,44). The van der Waals surface area contributed by atoms with Gasteiger partial charge in [0.15, 0.2) is 5.96 Å². The minimum absolute atomic E-state index is 0.0245. The lowest BCUT2D eigenvalue weighted by Gasteiger charge is -2.58. The average molecular weight is 680 g/mol. The number of rotatable bonds is 7. The van der Waals surface area contributed by atoms with Gasteiger partial charge in [-0.2, -0.15) is 13.2 Å². The molecular weight excluding hydrogens is 631 g/mol. The number of hydrogen-bond acceptors (Lipinski definition) is 5. The number of nitrogens with zero attached hydrogens (tertiary/aromatic N) is 4. The number of halogens is 3. The van der Waals surface area contributed by atoms with Crippen LogP contribution < -0.4 is 10.1 Å². The number of carbonyl (C=O) groups excluding carboxylic acids is 1. The number of piperidine rings is 1. The third-order valence-corrected chi connectivity index (χ3v) is 9.10. The van der Waals surface area contributed by atoms with E-state index in [-0.39, 0.29) is 30.0 Å². The lowest BCUT2D eigenvalue weighted by molar-refractivity contribution is -0.137. The zero-order valence-electron chi connectivity index (χ0n) is 29.5. The van der Waals surface area contributed by atoms with Gasteiger partial charge in [-0.25, -0.2) is 14.8 Å². The number of guanidine groups is 1. The Kier molecular flexibility index (Phi) is 10.5. The summed E-state index contributed by atoms with van der Waals surface area (Å²) in [6.07, 6.45) is -1.29. The first-order valence-corrected chi connectivity index (χ1v) is 16.9. The van der Waals surface area contributed by atoms with Crippen molar-refractivity contribution in [2.45, 2.75) is 92.2 Å². The molecule has 2 aliphatic rings. The van der Waals surface area contributed by atoms with E-state index < -0.39 is 17.3 Å². The molecule has 0 radical (unpaired) electrons. The van der Waals surface area contributed by atoms with E-state index in [0.29, 0.717) is 43.6 Å². The number of pyridine rings is 1. The Balaban J connectivity index is 1.29. The third kappa shape index (κ3) is 9.25. The fourth-order valence-corrected chi connectivity index (χ4v) is 6.73. The summed E-state index contributed by atoms with van der Waals surface area (Å²) in [4.78, 5) is 26.4. The van der Waals surface area contributed by atoms with Gasteiger partial charge in [0, 0.05) is 49.9 Å². The van der Waals surface area contributed by atoms with Gasteiger partial charge in [-0.05, 0) is 93.8 Å². The minimum Gasteiger partial charge on any atom is -0.444 e. The SMILES string of the molecule is Cc1ccc(C)c(Oc2ccc(CN=C(NCc3cccc(C(F)(F)F)c3)N3CCC(C4N(C(=O)OC(C)(C)C)CC4(C)C)CC3)cn2)c1. The molecule has 1 N–H and O–H groups in total. The number of hydrogen-bond donors (Lipinski definition) is 1. The quantitative estimate of drug-likeness (QED) is 0.199. The van der Waals surface area contributed by atoms with Crippen LogP contribution in [0.5, 0.6) is 11.6 Å². The maximum absolute atomic E-state index is 13.4. The van der Waals surface area contributed by atoms with Gasteiger partial charge >= 0.3 is 12.3 Å². The second-order valence-electron chi connectivity index (χ2n) is 14.9. The summed E-state index contributed by atoms with van der Waals surface area (Å²) in [5.41, 5.74) is 2.21. The van der Waals surface area contributed by atoms with Gasteiger partial charge in [0.05, 0.1) is 12.1 Å². The van der Waals surface area contributed by atoms with E-state index in [0.717, 1.165) is 41.3 Å². The molecule has 0 bridgehead atoms. The van der Waals surface area contributed by atoms with Crippen molar-refractivity contribution in [1.29, 1.82) is 0 Å². The zero-order valence-corrected chi connectivity index (χ0v) is 29.5. The van der Waals surface area contributed by atoms with Gasteiger partial charge in [-0.15, -0.1) is 0 Å². The number of aliphatic imine (C=N–C) groups is 1. The van der Waals surface area contributed by atoms with Crippen molar-refractivity contribution < 1.29 is 27.4 Å². The fraction of sp³-hybridized carbons (Fsp3) is 0.500. The zero-order chi connectivity index (χ0) is 35.6. The highest BCUT2D eigenvalue weighted by Crippen LogP contribution is 2.45. The molecule has 2 aromatic carbocycles. The van der Waals surface area contributed by atoms with Crippen molar-refractivity contribution in [1.82, 2.24) is 20.1 Å². The minimum atomic E-state index is -4.42. The highest BCUT2D eigenvalue weighted by atomic mass is 19.4. The molecule has 2 saturated heterocycles. The van der Waals surface area contributed by atoms with Crippen LogP contribution in [0.2, 0.25) is 0 Å². The molecule has 3 heterocycles. The van der Waals surface area contributed by atoms with E-state index in [1.54, 1.807) is 12.3 Å². The number of aryl methyl sites for hydroxylation is 2. The molecule has 264 valence electrons. The molecular formula is C38H48F3N5O3. The topological polar surface area (TPSA) is 79.3 Å². The van der Waals surface area contributed by atoms with Gasteiger partial charge in [-0.3, -0.25) is 0 Å². The summed E-state index contributed by atoms with van der Waals surface area (Å²) in [5.74, 6) is 2.13. The van der Waals surface area contributed by atoms with E-state index >= 15 is 0 Å². The van der Waals surface area contributed by atoms with Crippen LogP contribution in [0.3, 0.4) is 0 Å². The Labute approximate surface area is 287 Å². The number of carbonyl (C=O) groups is 1. The Morgan fingerprint density at radius 3 is 2.39 bits per heavy atom. The van der Waals surface area contributed by atoms with Crippen LogP contribution in [0.15, 0.2) is 65.8 Å². The number of benzene rings is 2. The van der Waals surface area contributed by atoms with E-state index in [2.05, 4.69) is 29.0 Å². The van der Waals surface area contributed by atoms with Gasteiger partial charge < -0.3 is 24.6 Å². The van der Waals surface area contributed by atoms with Crippen molar-refractivity contribution in [3.8, 4) is 11.6 Å². The van der Waals surface area contributed by atoms with Gasteiger partial charge in [-0.1, -0.05) is 44.2 Å². The highest BCUT2D eigenvalue weighted by Gasteiger charge is 2.53. The Bertz CT molecular complexity index is 1640. The van der Waals surface area contributed by atoms with Gasteiger partial charge in [0.1, 0.15) is 11.4 Å². The maximum atomic E-state index is 13.4. The molecule has 0 saturated carbocycles. The average Bonchev–Trinajstić information content (AvgIpc) is 3.02. The summed E-state index contributed by atoms with van der Waals surface area (Å²) in [7, 11) is 0. The summed E-state index contributed by atoms with van der Waals surface area (Å²) < 4.78 is 51.9. The first-order valence-electron chi connectivity index (χ1n) is 16.9. The van der Waals surface area contributed by atoms with E-state index in [1.807, 2.05) is 69.9 Å². The molecule has 2 aliphatic heterocycles. The number of alkyl halides is 3. The largest absolute Gasteiger partial charge is 0.444 e. The summed E-state index contributed by atoms with van der Waals surface area (Å²) >= 11 is 0. The van der Waals surface area contributed by atoms with Crippen LogP contribution in [-0.2, 0) is 24.0 Å². The first-order chi connectivity index (χ1) is 23.0. The van der Waals surface area contributed by atoms with E-state index in [1.165, 1.54) is 12.1 Å². The lowest BCUT2D eigenvalue weighted by atomic mass is 9.67. The van der Waals surface area contributed by atoms with Crippen molar-refractivity contribution >= 4 is 12.1 Å². The number of ether oxygens (including phenoxy) is 2. The number of aromatic nitrogens is 1. The number of likely N-dealkylation sites (tertiary alicyclic amines) is 2. The molecule has 0 aliphatic carbocycles. The molecule has 1 unspecified atom stereocenters. The summed E-state index contributed by atoms with van der Waals surface area (Å²) in [6, 6.07) is 15.1. The van der Waals surface area contributed by atoms with Crippen LogP contribution in [0.4, 0.5) is 18.0 Å². The Morgan fingerprint density at radius 2 is 1.76 bits per heavy atom. The highest BCUT2D eigenvalue weighted by molar-refractivity contribution is 5.80. The summed E-state index contributed by atoms with van der Waals surface area (Å²) in [5, 5.41) is 3.33. The number of nitrogens with one attached hydrogen (secondary N) is 1. The number of amides is 1. The van der Waals surface area contributed by atoms with Crippen LogP contribution in [0, 0.1) is 25.2 Å². The van der Waals surface area contributed by atoms with Crippen LogP contribution in [0.25, 0.3) is 0 Å². The van der Waals surface area contributed by atoms with E-state index in [9.17, 15) is 18.0 Å². The first kappa shape index (κ1) is 36.0. The smallest absolute Gasteiger partial charge is 0.416 e. The van der Waals surface area contributed by atoms with Crippen molar-refractivity contribution in [2.24, 2.45) is 16.3 Å². The Hall–Kier alpha value is -4.28. The van der Waals surface area contributed by atoms with Crippen molar-refractivity contribution in [2.75, 3.05) is 19.6 Å². The predicted octanol–water partition coefficient (Wildman–Crippen LogP) is 8.51. The second-order valence-corrected chi connectivity index (χ2v) is 14.9. The molecule has 8 nitrogen and oxygen atoms in total. The van der Waals surface area contributed by atoms with Crippen LogP contribution in [-0.4, -0.2) is 58.1 Å². The predicted molar refractivity (Wildman–Crippen MR) is 184 cm³/mol. The summed E-state index contributed by atoms with van der Waals surface area (Å²) in [6.45, 7) is 16.6. The molecule has 5 rings (SSSR count). The van der Waals surface area contributed by atoms with Crippen molar-refractivity contribution in [3.05, 3.63) is 88.6 Å². The van der Waals surface area contributed by atoms with E-state index in [4.69, 9.17) is 14.5 Å². The van der Waals surface area contributed by atoms with Crippen LogP contribution in [0.1, 0.15) is 75.3 Å². The normalized spacial score (nSPS) is 18.6. The van der Waals surface area contributed by atoms with Gasteiger partial charge in [0.2, 0.25) is 5.88 Å². The second kappa shape index (κ2) is 14.3. The monoisotopic (exact) mass is 679 g/mol. The molecule has 11 heteroatoms. The molecule has 1 amide bonds. The maximum Gasteiger partial charge on any atom is 0.416 e. The van der Waals surface area contributed by atoms with Crippen LogP contribution >= 0.6 is 0 Å². The Morgan fingerprint density at radius 1 is 1.02 bits per heavy atom. The van der Waals surface area contributed by atoms with Crippen molar-refractivity contribution in [3.63, 3.8) is 0 Å². The van der Waals surface area contributed by atoms with Gasteiger partial charge in [0.25, 0.3) is 0 Å². The third-order valence-electron chi connectivity index (χ3n) is 9.10. The molecule has 0 spiro atoms. The molecule has 49 heavy (non-hydrogen) atoms.